The summed E-state index contributed by atoms with van der Waals surface area (Å²) in [4.78, 5) is 0. The van der Waals surface area contributed by atoms with E-state index in [4.69, 9.17) is 4.74 Å². The molecule has 1 fully saturated rings. The average molecular weight is 273 g/mol. The summed E-state index contributed by atoms with van der Waals surface area (Å²) in [5.74, 6) is 0. The molecule has 5 heteroatoms. The summed E-state index contributed by atoms with van der Waals surface area (Å²) in [6.45, 7) is 5.35. The second-order valence-electron chi connectivity index (χ2n) is 5.23. The highest BCUT2D eigenvalue weighted by atomic mass is 19.4. The van der Waals surface area contributed by atoms with E-state index in [0.29, 0.717) is 6.54 Å². The predicted octanol–water partition coefficient (Wildman–Crippen LogP) is 3.36. The molecule has 2 atom stereocenters. The molecule has 0 radical (unpaired) electrons. The molecule has 2 unspecified atom stereocenters. The minimum atomic E-state index is -4.27. The highest BCUT2D eigenvalue weighted by Gasteiger charge is 2.36. The largest absolute Gasteiger partial charge is 0.416 e. The van der Waals surface area contributed by atoms with Gasteiger partial charge in [0.15, 0.2) is 0 Å². The molecule has 1 heterocycles. The third-order valence-electron chi connectivity index (χ3n) is 3.86. The van der Waals surface area contributed by atoms with Crippen molar-refractivity contribution >= 4 is 0 Å². The highest BCUT2D eigenvalue weighted by Crippen LogP contribution is 2.29. The number of hydrogen-bond acceptors (Lipinski definition) is 2. The molecule has 1 aromatic rings. The van der Waals surface area contributed by atoms with Crippen LogP contribution in [0.2, 0.25) is 0 Å². The number of ether oxygens (including phenoxy) is 1. The van der Waals surface area contributed by atoms with Gasteiger partial charge in [-0.3, -0.25) is 0 Å². The summed E-state index contributed by atoms with van der Waals surface area (Å²) in [7, 11) is 0. The van der Waals surface area contributed by atoms with Crippen LogP contribution in [0.4, 0.5) is 13.2 Å². The van der Waals surface area contributed by atoms with Gasteiger partial charge in [0.2, 0.25) is 0 Å². The Morgan fingerprint density at radius 1 is 1.32 bits per heavy atom. The van der Waals surface area contributed by atoms with Crippen molar-refractivity contribution < 1.29 is 17.9 Å². The van der Waals surface area contributed by atoms with Crippen LogP contribution in [0.25, 0.3) is 0 Å². The first kappa shape index (κ1) is 14.3. The zero-order valence-corrected chi connectivity index (χ0v) is 11.1. The van der Waals surface area contributed by atoms with Crippen molar-refractivity contribution in [1.82, 2.24) is 5.32 Å². The van der Waals surface area contributed by atoms with Gasteiger partial charge in [0.05, 0.1) is 11.7 Å². The number of nitrogens with one attached hydrogen (secondary N) is 1. The lowest BCUT2D eigenvalue weighted by Gasteiger charge is -2.29. The number of hydrogen-bond donors (Lipinski definition) is 1. The molecule has 0 saturated carbocycles. The second-order valence-corrected chi connectivity index (χ2v) is 5.23. The van der Waals surface area contributed by atoms with Gasteiger partial charge in [0.25, 0.3) is 0 Å². The normalized spacial score (nSPS) is 27.7. The van der Waals surface area contributed by atoms with E-state index in [2.05, 4.69) is 12.2 Å². The van der Waals surface area contributed by atoms with E-state index in [1.54, 1.807) is 0 Å². The molecule has 2 nitrogen and oxygen atoms in total. The predicted molar refractivity (Wildman–Crippen MR) is 66.7 cm³/mol. The van der Waals surface area contributed by atoms with Crippen LogP contribution in [0.5, 0.6) is 0 Å². The Labute approximate surface area is 111 Å². The van der Waals surface area contributed by atoms with Crippen LogP contribution >= 0.6 is 0 Å². The quantitative estimate of drug-likeness (QED) is 0.911. The van der Waals surface area contributed by atoms with Crippen molar-refractivity contribution in [2.45, 2.75) is 44.6 Å². The Kier molecular flexibility index (Phi) is 3.87. The first-order valence-electron chi connectivity index (χ1n) is 6.34. The fraction of sp³-hybridized carbons (Fsp3) is 0.571. The van der Waals surface area contributed by atoms with Crippen molar-refractivity contribution in [2.75, 3.05) is 6.61 Å². The second kappa shape index (κ2) is 5.13. The molecule has 2 rings (SSSR count). The van der Waals surface area contributed by atoms with Gasteiger partial charge >= 0.3 is 6.18 Å². The van der Waals surface area contributed by atoms with E-state index in [1.165, 1.54) is 12.1 Å². The molecule has 106 valence electrons. The maximum atomic E-state index is 12.4. The van der Waals surface area contributed by atoms with E-state index >= 15 is 0 Å². The van der Waals surface area contributed by atoms with Gasteiger partial charge in [-0.2, -0.15) is 13.2 Å². The Morgan fingerprint density at radius 2 is 1.95 bits per heavy atom. The molecule has 1 aliphatic heterocycles. The first-order valence-corrected chi connectivity index (χ1v) is 6.34. The van der Waals surface area contributed by atoms with Crippen LogP contribution in [0.15, 0.2) is 24.3 Å². The molecule has 0 amide bonds. The molecular weight excluding hydrogens is 255 g/mol. The van der Waals surface area contributed by atoms with Gasteiger partial charge in [-0.15, -0.1) is 0 Å². The third-order valence-corrected chi connectivity index (χ3v) is 3.86. The third kappa shape index (κ3) is 3.28. The zero-order valence-electron chi connectivity index (χ0n) is 11.1. The molecule has 0 aliphatic carbocycles. The molecule has 19 heavy (non-hydrogen) atoms. The molecule has 0 aromatic heterocycles. The number of alkyl halides is 3. The number of rotatable bonds is 3. The van der Waals surface area contributed by atoms with Crippen molar-refractivity contribution in [1.29, 1.82) is 0 Å². The molecule has 0 bridgehead atoms. The van der Waals surface area contributed by atoms with Crippen molar-refractivity contribution in [3.05, 3.63) is 35.4 Å². The van der Waals surface area contributed by atoms with E-state index in [-0.39, 0.29) is 11.6 Å². The van der Waals surface area contributed by atoms with E-state index in [0.717, 1.165) is 30.7 Å². The zero-order chi connectivity index (χ0) is 14.1. The van der Waals surface area contributed by atoms with Gasteiger partial charge in [-0.1, -0.05) is 12.1 Å². The minimum absolute atomic E-state index is 0.108. The summed E-state index contributed by atoms with van der Waals surface area (Å²) in [6.07, 6.45) is -3.25. The summed E-state index contributed by atoms with van der Waals surface area (Å²) >= 11 is 0. The summed E-state index contributed by atoms with van der Waals surface area (Å²) in [5, 5.41) is 3.38. The minimum Gasteiger partial charge on any atom is -0.377 e. The smallest absolute Gasteiger partial charge is 0.377 e. The lowest BCUT2D eigenvalue weighted by atomic mass is 9.94. The maximum absolute atomic E-state index is 12.4. The topological polar surface area (TPSA) is 21.3 Å². The molecule has 0 spiro atoms. The number of benzene rings is 1. The Balaban J connectivity index is 1.97. The fourth-order valence-electron chi connectivity index (χ4n) is 2.18. The van der Waals surface area contributed by atoms with Crippen LogP contribution in [0.3, 0.4) is 0 Å². The molecule has 1 saturated heterocycles. The van der Waals surface area contributed by atoms with Crippen molar-refractivity contribution in [2.24, 2.45) is 0 Å². The monoisotopic (exact) mass is 273 g/mol. The summed E-state index contributed by atoms with van der Waals surface area (Å²) in [6, 6.07) is 5.27. The maximum Gasteiger partial charge on any atom is 0.416 e. The van der Waals surface area contributed by atoms with Crippen LogP contribution in [-0.2, 0) is 17.5 Å². The molecular formula is C14H18F3NO. The van der Waals surface area contributed by atoms with Crippen LogP contribution < -0.4 is 5.32 Å². The van der Waals surface area contributed by atoms with Gasteiger partial charge in [-0.25, -0.2) is 0 Å². The average Bonchev–Trinajstić information content (AvgIpc) is 2.67. The Bertz CT molecular complexity index is 429. The van der Waals surface area contributed by atoms with Crippen LogP contribution in [0, 0.1) is 0 Å². The van der Waals surface area contributed by atoms with Crippen molar-refractivity contribution in [3.63, 3.8) is 0 Å². The fourth-order valence-corrected chi connectivity index (χ4v) is 2.18. The van der Waals surface area contributed by atoms with Gasteiger partial charge in [0.1, 0.15) is 0 Å². The Morgan fingerprint density at radius 3 is 2.42 bits per heavy atom. The molecule has 1 aromatic carbocycles. The van der Waals surface area contributed by atoms with Gasteiger partial charge in [-0.05, 0) is 38.0 Å². The SMILES string of the molecule is CC1OCCC1(C)NCc1ccc(C(F)(F)F)cc1. The molecule has 1 N–H and O–H groups in total. The number of halogens is 3. The summed E-state index contributed by atoms with van der Waals surface area (Å²) < 4.78 is 42.8. The van der Waals surface area contributed by atoms with E-state index < -0.39 is 11.7 Å². The first-order chi connectivity index (χ1) is 8.81. The lowest BCUT2D eigenvalue weighted by molar-refractivity contribution is -0.137. The van der Waals surface area contributed by atoms with Crippen LogP contribution in [0.1, 0.15) is 31.4 Å². The summed E-state index contributed by atoms with van der Waals surface area (Å²) in [5.41, 5.74) is 0.122. The van der Waals surface area contributed by atoms with Gasteiger partial charge < -0.3 is 10.1 Å². The van der Waals surface area contributed by atoms with E-state index in [9.17, 15) is 13.2 Å². The van der Waals surface area contributed by atoms with E-state index in [1.807, 2.05) is 6.92 Å². The lowest BCUT2D eigenvalue weighted by Crippen LogP contribution is -2.47. The highest BCUT2D eigenvalue weighted by molar-refractivity contribution is 5.24. The Hall–Kier alpha value is -1.07. The van der Waals surface area contributed by atoms with Crippen LogP contribution in [-0.4, -0.2) is 18.2 Å². The molecule has 1 aliphatic rings. The van der Waals surface area contributed by atoms with Crippen molar-refractivity contribution in [3.8, 4) is 0 Å². The standard InChI is InChI=1S/C14H18F3NO/c1-10-13(2,7-8-19-10)18-9-11-3-5-12(6-4-11)14(15,16)17/h3-6,10,18H,7-9H2,1-2H3. The van der Waals surface area contributed by atoms with Gasteiger partial charge in [0, 0.05) is 18.7 Å².